The van der Waals surface area contributed by atoms with Crippen LogP contribution in [-0.4, -0.2) is 13.1 Å². The van der Waals surface area contributed by atoms with Crippen molar-refractivity contribution in [2.45, 2.75) is 47.5 Å². The largest absolute Gasteiger partial charge is 0.466 e. The van der Waals surface area contributed by atoms with E-state index >= 15 is 0 Å². The molecule has 0 radical (unpaired) electrons. The van der Waals surface area contributed by atoms with Crippen LogP contribution in [0.4, 0.5) is 0 Å². The first-order valence-corrected chi connectivity index (χ1v) is 7.93. The zero-order valence-corrected chi connectivity index (χ0v) is 15.3. The van der Waals surface area contributed by atoms with Crippen molar-refractivity contribution >= 4 is 5.97 Å². The molecule has 0 fully saturated rings. The highest BCUT2D eigenvalue weighted by molar-refractivity contribution is 5.83. The van der Waals surface area contributed by atoms with Gasteiger partial charge in [0.05, 0.1) is 7.11 Å². The van der Waals surface area contributed by atoms with Gasteiger partial charge in [-0.25, -0.2) is 4.79 Å². The Hall–Kier alpha value is -2.09. The summed E-state index contributed by atoms with van der Waals surface area (Å²) in [5.74, 6) is -0.332. The molecule has 0 saturated heterocycles. The minimum absolute atomic E-state index is 0.332. The number of ether oxygens (including phenoxy) is 1. The Balaban J connectivity index is 4.46. The summed E-state index contributed by atoms with van der Waals surface area (Å²) < 4.78 is 4.58. The van der Waals surface area contributed by atoms with Gasteiger partial charge in [0, 0.05) is 6.08 Å². The maximum Gasteiger partial charge on any atom is 0.330 e. The van der Waals surface area contributed by atoms with E-state index in [-0.39, 0.29) is 5.97 Å². The molecule has 0 unspecified atom stereocenters. The lowest BCUT2D eigenvalue weighted by atomic mass is 10.1. The van der Waals surface area contributed by atoms with E-state index in [1.54, 1.807) is 0 Å². The number of esters is 1. The van der Waals surface area contributed by atoms with Gasteiger partial charge in [0.15, 0.2) is 0 Å². The highest BCUT2D eigenvalue weighted by atomic mass is 16.5. The molecule has 0 saturated carbocycles. The molecule has 0 amide bonds. The number of carbonyl (C=O) groups is 1. The van der Waals surface area contributed by atoms with E-state index in [9.17, 15) is 4.79 Å². The summed E-state index contributed by atoms with van der Waals surface area (Å²) in [6.45, 7) is 10.3. The normalized spacial score (nSPS) is 13.7. The SMILES string of the molecule is COC(=O)/C=C(C)/C=C/C=C(C)/C=C/C=C(/C)CCC=C(C)C. The molecule has 0 atom stereocenters. The van der Waals surface area contributed by atoms with E-state index in [0.717, 1.165) is 24.0 Å². The molecule has 2 nitrogen and oxygen atoms in total. The van der Waals surface area contributed by atoms with Crippen molar-refractivity contribution in [2.75, 3.05) is 7.11 Å². The van der Waals surface area contributed by atoms with Gasteiger partial charge < -0.3 is 4.74 Å². The number of hydrogen-bond donors (Lipinski definition) is 0. The maximum absolute atomic E-state index is 11.1. The summed E-state index contributed by atoms with van der Waals surface area (Å²) in [6, 6.07) is 0. The Morgan fingerprint density at radius 2 is 1.52 bits per heavy atom. The quantitative estimate of drug-likeness (QED) is 0.243. The van der Waals surface area contributed by atoms with Crippen molar-refractivity contribution in [1.29, 1.82) is 0 Å². The van der Waals surface area contributed by atoms with Crippen LogP contribution in [-0.2, 0) is 9.53 Å². The number of methoxy groups -OCH3 is 1. The molecule has 0 aliphatic rings. The predicted molar refractivity (Wildman–Crippen MR) is 100 cm³/mol. The summed E-state index contributed by atoms with van der Waals surface area (Å²) in [4.78, 5) is 11.1. The third-order valence-corrected chi connectivity index (χ3v) is 3.10. The summed E-state index contributed by atoms with van der Waals surface area (Å²) >= 11 is 0. The molecule has 0 N–H and O–H groups in total. The van der Waals surface area contributed by atoms with Gasteiger partial charge in [0.2, 0.25) is 0 Å². The van der Waals surface area contributed by atoms with Crippen LogP contribution in [0, 0.1) is 0 Å². The van der Waals surface area contributed by atoms with Gasteiger partial charge in [-0.1, -0.05) is 59.3 Å². The lowest BCUT2D eigenvalue weighted by Crippen LogP contribution is -1.94. The van der Waals surface area contributed by atoms with Crippen LogP contribution in [0.15, 0.2) is 70.9 Å². The summed E-state index contributed by atoms with van der Waals surface area (Å²) in [5, 5.41) is 0. The molecule has 0 aromatic rings. The van der Waals surface area contributed by atoms with E-state index < -0.39 is 0 Å². The van der Waals surface area contributed by atoms with Crippen LogP contribution in [0.3, 0.4) is 0 Å². The monoisotopic (exact) mass is 314 g/mol. The fraction of sp³-hybridized carbons (Fsp3) is 0.381. The molecule has 0 aliphatic heterocycles. The summed E-state index contributed by atoms with van der Waals surface area (Å²) in [5.41, 5.74) is 4.76. The van der Waals surface area contributed by atoms with Crippen LogP contribution < -0.4 is 0 Å². The fourth-order valence-corrected chi connectivity index (χ4v) is 1.74. The third kappa shape index (κ3) is 13.3. The average molecular weight is 314 g/mol. The molecule has 0 aromatic heterocycles. The fourth-order valence-electron chi connectivity index (χ4n) is 1.74. The standard InChI is InChI=1S/C21H30O2/c1-17(2)10-7-11-18(3)12-8-13-19(4)14-9-15-20(5)16-21(22)23-6/h8-10,12-16H,7,11H2,1-6H3/b13-8+,15-9+,18-12-,19-14+,20-16+. The number of allylic oxidation sites excluding steroid dienone is 11. The van der Waals surface area contributed by atoms with Gasteiger partial charge >= 0.3 is 5.97 Å². The van der Waals surface area contributed by atoms with Crippen LogP contribution in [0.2, 0.25) is 0 Å². The zero-order chi connectivity index (χ0) is 17.7. The molecule has 0 heterocycles. The highest BCUT2D eigenvalue weighted by Crippen LogP contribution is 2.07. The van der Waals surface area contributed by atoms with Gasteiger partial charge in [0.25, 0.3) is 0 Å². The molecular formula is C21H30O2. The number of carbonyl (C=O) groups excluding carboxylic acids is 1. The minimum atomic E-state index is -0.332. The van der Waals surface area contributed by atoms with Gasteiger partial charge in [-0.2, -0.15) is 0 Å². The maximum atomic E-state index is 11.1. The molecule has 2 heteroatoms. The van der Waals surface area contributed by atoms with E-state index in [0.29, 0.717) is 0 Å². The summed E-state index contributed by atoms with van der Waals surface area (Å²) in [6.07, 6.45) is 18.1. The van der Waals surface area contributed by atoms with E-state index in [4.69, 9.17) is 0 Å². The Morgan fingerprint density at radius 3 is 2.13 bits per heavy atom. The van der Waals surface area contributed by atoms with Gasteiger partial charge in [-0.05, 0) is 53.0 Å². The van der Waals surface area contributed by atoms with Crippen LogP contribution in [0.5, 0.6) is 0 Å². The lowest BCUT2D eigenvalue weighted by molar-refractivity contribution is -0.134. The van der Waals surface area contributed by atoms with Gasteiger partial charge in [-0.15, -0.1) is 0 Å². The third-order valence-electron chi connectivity index (χ3n) is 3.10. The van der Waals surface area contributed by atoms with Crippen molar-refractivity contribution in [2.24, 2.45) is 0 Å². The second-order valence-electron chi connectivity index (χ2n) is 5.87. The van der Waals surface area contributed by atoms with Crippen LogP contribution in [0.25, 0.3) is 0 Å². The first-order chi connectivity index (χ1) is 10.8. The van der Waals surface area contributed by atoms with Crippen molar-refractivity contribution in [3.05, 3.63) is 70.9 Å². The second kappa shape index (κ2) is 12.5. The van der Waals surface area contributed by atoms with Crippen molar-refractivity contribution in [3.63, 3.8) is 0 Å². The average Bonchev–Trinajstić information content (AvgIpc) is 2.46. The van der Waals surface area contributed by atoms with E-state index in [2.05, 4.69) is 49.8 Å². The Labute approximate surface area is 141 Å². The van der Waals surface area contributed by atoms with Crippen molar-refractivity contribution in [1.82, 2.24) is 0 Å². The molecule has 0 bridgehead atoms. The molecule has 0 aromatic carbocycles. The topological polar surface area (TPSA) is 26.3 Å². The van der Waals surface area contributed by atoms with E-state index in [1.165, 1.54) is 24.3 Å². The Morgan fingerprint density at radius 1 is 0.913 bits per heavy atom. The molecule has 0 rings (SSSR count). The minimum Gasteiger partial charge on any atom is -0.466 e. The Bertz CT molecular complexity index is 548. The van der Waals surface area contributed by atoms with E-state index in [1.807, 2.05) is 32.1 Å². The summed E-state index contributed by atoms with van der Waals surface area (Å²) in [7, 11) is 1.37. The molecular weight excluding hydrogens is 284 g/mol. The van der Waals surface area contributed by atoms with Crippen molar-refractivity contribution < 1.29 is 9.53 Å². The highest BCUT2D eigenvalue weighted by Gasteiger charge is 1.92. The zero-order valence-electron chi connectivity index (χ0n) is 15.3. The number of hydrogen-bond acceptors (Lipinski definition) is 2. The number of rotatable bonds is 8. The molecule has 23 heavy (non-hydrogen) atoms. The van der Waals surface area contributed by atoms with Gasteiger partial charge in [-0.3, -0.25) is 0 Å². The smallest absolute Gasteiger partial charge is 0.330 e. The van der Waals surface area contributed by atoms with Crippen LogP contribution in [0.1, 0.15) is 47.5 Å². The first-order valence-electron chi connectivity index (χ1n) is 7.93. The van der Waals surface area contributed by atoms with Crippen LogP contribution >= 0.6 is 0 Å². The Kier molecular flexibility index (Phi) is 11.3. The first kappa shape index (κ1) is 20.9. The molecule has 126 valence electrons. The predicted octanol–water partition coefficient (Wildman–Crippen LogP) is 5.86. The lowest BCUT2D eigenvalue weighted by Gasteiger charge is -1.96. The van der Waals surface area contributed by atoms with Crippen molar-refractivity contribution in [3.8, 4) is 0 Å². The molecule has 0 aliphatic carbocycles. The second-order valence-corrected chi connectivity index (χ2v) is 5.87. The van der Waals surface area contributed by atoms with Gasteiger partial charge in [0.1, 0.15) is 0 Å². The molecule has 0 spiro atoms.